The van der Waals surface area contributed by atoms with E-state index >= 15 is 0 Å². The van der Waals surface area contributed by atoms with Gasteiger partial charge in [-0.25, -0.2) is 0 Å². The molecule has 0 amide bonds. The molecule has 146 valence electrons. The SMILES string of the molecule is CN=C(NCCCc1nc(C)no1)NC1CCN(Cc2ccccc2)CC1. The fourth-order valence-electron chi connectivity index (χ4n) is 3.35. The molecule has 2 heterocycles. The van der Waals surface area contributed by atoms with Crippen molar-refractivity contribution in [1.29, 1.82) is 0 Å². The Morgan fingerprint density at radius 1 is 1.26 bits per heavy atom. The summed E-state index contributed by atoms with van der Waals surface area (Å²) in [6.07, 6.45) is 3.98. The van der Waals surface area contributed by atoms with Crippen LogP contribution >= 0.6 is 0 Å². The van der Waals surface area contributed by atoms with E-state index in [2.05, 4.69) is 61.0 Å². The second-order valence-electron chi connectivity index (χ2n) is 7.02. The molecule has 2 N–H and O–H groups in total. The number of rotatable bonds is 7. The number of nitrogens with zero attached hydrogens (tertiary/aromatic N) is 4. The van der Waals surface area contributed by atoms with Crippen LogP contribution in [0, 0.1) is 6.92 Å². The van der Waals surface area contributed by atoms with Crippen LogP contribution in [0.5, 0.6) is 0 Å². The lowest BCUT2D eigenvalue weighted by molar-refractivity contribution is 0.198. The topological polar surface area (TPSA) is 78.6 Å². The van der Waals surface area contributed by atoms with Crippen LogP contribution in [0.3, 0.4) is 0 Å². The molecule has 0 saturated carbocycles. The molecule has 1 aromatic carbocycles. The molecule has 3 rings (SSSR count). The summed E-state index contributed by atoms with van der Waals surface area (Å²) in [4.78, 5) is 11.1. The Bertz CT molecular complexity index is 706. The van der Waals surface area contributed by atoms with Crippen LogP contribution in [0.1, 0.15) is 36.5 Å². The highest BCUT2D eigenvalue weighted by Crippen LogP contribution is 2.13. The molecule has 1 aliphatic rings. The van der Waals surface area contributed by atoms with Gasteiger partial charge < -0.3 is 15.2 Å². The van der Waals surface area contributed by atoms with Crippen molar-refractivity contribution in [2.24, 2.45) is 4.99 Å². The van der Waals surface area contributed by atoms with Crippen molar-refractivity contribution in [3.05, 3.63) is 47.6 Å². The Kier molecular flexibility index (Phi) is 7.21. The Labute approximate surface area is 161 Å². The van der Waals surface area contributed by atoms with E-state index in [0.29, 0.717) is 17.8 Å². The number of nitrogens with one attached hydrogen (secondary N) is 2. The van der Waals surface area contributed by atoms with Crippen molar-refractivity contribution in [2.75, 3.05) is 26.7 Å². The summed E-state index contributed by atoms with van der Waals surface area (Å²) >= 11 is 0. The summed E-state index contributed by atoms with van der Waals surface area (Å²) in [5, 5.41) is 10.7. The van der Waals surface area contributed by atoms with E-state index in [1.54, 1.807) is 0 Å². The van der Waals surface area contributed by atoms with E-state index in [1.165, 1.54) is 5.56 Å². The van der Waals surface area contributed by atoms with Gasteiger partial charge in [0.05, 0.1) is 0 Å². The van der Waals surface area contributed by atoms with Crippen molar-refractivity contribution in [1.82, 2.24) is 25.7 Å². The lowest BCUT2D eigenvalue weighted by Crippen LogP contribution is -2.48. The maximum Gasteiger partial charge on any atom is 0.226 e. The molecule has 1 aliphatic heterocycles. The predicted molar refractivity (Wildman–Crippen MR) is 107 cm³/mol. The molecule has 7 heteroatoms. The van der Waals surface area contributed by atoms with Gasteiger partial charge in [0.25, 0.3) is 0 Å². The quantitative estimate of drug-likeness (QED) is 0.442. The van der Waals surface area contributed by atoms with Gasteiger partial charge in [0.2, 0.25) is 5.89 Å². The molecule has 7 nitrogen and oxygen atoms in total. The average Bonchev–Trinajstić information content (AvgIpc) is 3.11. The van der Waals surface area contributed by atoms with Crippen LogP contribution in [-0.2, 0) is 13.0 Å². The second-order valence-corrected chi connectivity index (χ2v) is 7.02. The molecule has 0 unspecified atom stereocenters. The third-order valence-corrected chi connectivity index (χ3v) is 4.83. The van der Waals surface area contributed by atoms with Gasteiger partial charge >= 0.3 is 0 Å². The number of aryl methyl sites for hydroxylation is 2. The number of benzene rings is 1. The number of hydrogen-bond acceptors (Lipinski definition) is 5. The van der Waals surface area contributed by atoms with Gasteiger partial charge in [-0.15, -0.1) is 0 Å². The largest absolute Gasteiger partial charge is 0.356 e. The van der Waals surface area contributed by atoms with Gasteiger partial charge in [-0.1, -0.05) is 35.5 Å². The van der Waals surface area contributed by atoms with Gasteiger partial charge in [-0.3, -0.25) is 9.89 Å². The van der Waals surface area contributed by atoms with Gasteiger partial charge in [0, 0.05) is 45.7 Å². The summed E-state index contributed by atoms with van der Waals surface area (Å²) in [5.41, 5.74) is 1.39. The first kappa shape index (κ1) is 19.4. The second kappa shape index (κ2) is 10.1. The van der Waals surface area contributed by atoms with Gasteiger partial charge in [-0.2, -0.15) is 4.98 Å². The van der Waals surface area contributed by atoms with Crippen LogP contribution in [0.25, 0.3) is 0 Å². The van der Waals surface area contributed by atoms with Crippen molar-refractivity contribution < 1.29 is 4.52 Å². The lowest BCUT2D eigenvalue weighted by Gasteiger charge is -2.33. The van der Waals surface area contributed by atoms with Crippen molar-refractivity contribution in [3.63, 3.8) is 0 Å². The first-order valence-electron chi connectivity index (χ1n) is 9.75. The van der Waals surface area contributed by atoms with Gasteiger partial charge in [-0.05, 0) is 31.7 Å². The summed E-state index contributed by atoms with van der Waals surface area (Å²) in [6.45, 7) is 5.92. The molecule has 1 saturated heterocycles. The minimum atomic E-state index is 0.474. The van der Waals surface area contributed by atoms with Gasteiger partial charge in [0.15, 0.2) is 11.8 Å². The summed E-state index contributed by atoms with van der Waals surface area (Å²) in [6, 6.07) is 11.2. The highest BCUT2D eigenvalue weighted by Gasteiger charge is 2.19. The van der Waals surface area contributed by atoms with E-state index < -0.39 is 0 Å². The smallest absolute Gasteiger partial charge is 0.226 e. The van der Waals surface area contributed by atoms with Crippen molar-refractivity contribution >= 4 is 5.96 Å². The van der Waals surface area contributed by atoms with E-state index in [1.807, 2.05) is 14.0 Å². The number of guanidine groups is 1. The first-order valence-corrected chi connectivity index (χ1v) is 9.75. The summed E-state index contributed by atoms with van der Waals surface area (Å²) < 4.78 is 5.13. The molecule has 1 aromatic heterocycles. The van der Waals surface area contributed by atoms with Crippen molar-refractivity contribution in [3.8, 4) is 0 Å². The third-order valence-electron chi connectivity index (χ3n) is 4.83. The summed E-state index contributed by atoms with van der Waals surface area (Å²) in [7, 11) is 1.82. The molecular formula is C20H30N6O. The number of aliphatic imine (C=N–C) groups is 1. The monoisotopic (exact) mass is 370 g/mol. The first-order chi connectivity index (χ1) is 13.2. The average molecular weight is 371 g/mol. The number of piperidine rings is 1. The molecule has 27 heavy (non-hydrogen) atoms. The molecular weight excluding hydrogens is 340 g/mol. The van der Waals surface area contributed by atoms with E-state index in [-0.39, 0.29) is 0 Å². The number of hydrogen-bond donors (Lipinski definition) is 2. The summed E-state index contributed by atoms with van der Waals surface area (Å²) in [5.74, 6) is 2.26. The molecule has 0 aliphatic carbocycles. The molecule has 1 fully saturated rings. The van der Waals surface area contributed by atoms with Crippen molar-refractivity contribution in [2.45, 2.75) is 45.2 Å². The fraction of sp³-hybridized carbons (Fsp3) is 0.550. The highest BCUT2D eigenvalue weighted by molar-refractivity contribution is 5.79. The highest BCUT2D eigenvalue weighted by atomic mass is 16.5. The maximum absolute atomic E-state index is 5.13. The van der Waals surface area contributed by atoms with E-state index in [4.69, 9.17) is 4.52 Å². The molecule has 0 spiro atoms. The Morgan fingerprint density at radius 3 is 2.70 bits per heavy atom. The molecule has 0 radical (unpaired) electrons. The van der Waals surface area contributed by atoms with E-state index in [9.17, 15) is 0 Å². The number of aromatic nitrogens is 2. The van der Waals surface area contributed by atoms with Gasteiger partial charge in [0.1, 0.15) is 0 Å². The lowest BCUT2D eigenvalue weighted by atomic mass is 10.0. The zero-order chi connectivity index (χ0) is 18.9. The zero-order valence-corrected chi connectivity index (χ0v) is 16.3. The number of likely N-dealkylation sites (tertiary alicyclic amines) is 1. The minimum absolute atomic E-state index is 0.474. The van der Waals surface area contributed by atoms with E-state index in [0.717, 1.165) is 57.8 Å². The zero-order valence-electron chi connectivity index (χ0n) is 16.3. The maximum atomic E-state index is 5.13. The molecule has 2 aromatic rings. The van der Waals surface area contributed by atoms with Crippen LogP contribution in [0.2, 0.25) is 0 Å². The Balaban J connectivity index is 1.33. The standard InChI is InChI=1S/C20H30N6O/c1-16-23-19(27-25-16)9-6-12-22-20(21-2)24-18-10-13-26(14-11-18)15-17-7-4-3-5-8-17/h3-5,7-8,18H,6,9-15H2,1-2H3,(H2,21,22,24). The van der Waals surface area contributed by atoms with Crippen LogP contribution < -0.4 is 10.6 Å². The molecule has 0 atom stereocenters. The fourth-order valence-corrected chi connectivity index (χ4v) is 3.35. The van der Waals surface area contributed by atoms with Crippen LogP contribution in [0.4, 0.5) is 0 Å². The Morgan fingerprint density at radius 2 is 2.04 bits per heavy atom. The van der Waals surface area contributed by atoms with Crippen LogP contribution in [-0.4, -0.2) is 53.7 Å². The minimum Gasteiger partial charge on any atom is -0.356 e. The Hall–Kier alpha value is -2.41. The normalized spacial score (nSPS) is 16.4. The predicted octanol–water partition coefficient (Wildman–Crippen LogP) is 2.14. The third kappa shape index (κ3) is 6.36. The molecule has 0 bridgehead atoms. The van der Waals surface area contributed by atoms with Crippen LogP contribution in [0.15, 0.2) is 39.8 Å².